The second-order valence-corrected chi connectivity index (χ2v) is 5.74. The van der Waals surface area contributed by atoms with Crippen LogP contribution < -0.4 is 15.4 Å². The Morgan fingerprint density at radius 3 is 2.37 bits per heavy atom. The van der Waals surface area contributed by atoms with Crippen LogP contribution in [0.15, 0.2) is 48.7 Å². The Bertz CT molecular complexity index is 935. The van der Waals surface area contributed by atoms with Crippen molar-refractivity contribution in [2.75, 3.05) is 17.7 Å². The Labute approximate surface area is 157 Å². The SMILES string of the molecule is COc1ccc(Nc2cnnc(Nc3ccc(Cl)c(C(F)(F)F)c3)n2)cc1. The second-order valence-electron chi connectivity index (χ2n) is 5.34. The number of anilines is 4. The van der Waals surface area contributed by atoms with Crippen LogP contribution in [0, 0.1) is 0 Å². The highest BCUT2D eigenvalue weighted by Gasteiger charge is 2.33. The molecule has 1 heterocycles. The van der Waals surface area contributed by atoms with Crippen LogP contribution in [0.1, 0.15) is 5.56 Å². The molecule has 140 valence electrons. The van der Waals surface area contributed by atoms with Crippen LogP contribution >= 0.6 is 11.6 Å². The molecule has 3 aromatic rings. The molecule has 0 unspecified atom stereocenters. The molecular formula is C17H13ClF3N5O. The Hall–Kier alpha value is -3.07. The van der Waals surface area contributed by atoms with Crippen molar-refractivity contribution in [2.45, 2.75) is 6.18 Å². The molecule has 0 aliphatic rings. The Kier molecular flexibility index (Phi) is 5.31. The van der Waals surface area contributed by atoms with Crippen molar-refractivity contribution >= 4 is 34.7 Å². The van der Waals surface area contributed by atoms with E-state index in [1.165, 1.54) is 12.3 Å². The Morgan fingerprint density at radius 2 is 1.70 bits per heavy atom. The molecule has 0 amide bonds. The summed E-state index contributed by atoms with van der Waals surface area (Å²) in [5.41, 5.74) is -0.0853. The monoisotopic (exact) mass is 395 g/mol. The van der Waals surface area contributed by atoms with Crippen molar-refractivity contribution in [1.82, 2.24) is 15.2 Å². The van der Waals surface area contributed by atoms with Crippen LogP contribution in [0.5, 0.6) is 5.75 Å². The number of rotatable bonds is 5. The summed E-state index contributed by atoms with van der Waals surface area (Å²) >= 11 is 5.61. The number of nitrogens with zero attached hydrogens (tertiary/aromatic N) is 3. The van der Waals surface area contributed by atoms with Gasteiger partial charge < -0.3 is 15.4 Å². The molecule has 2 aromatic carbocycles. The lowest BCUT2D eigenvalue weighted by Gasteiger charge is -2.12. The van der Waals surface area contributed by atoms with Crippen molar-refractivity contribution in [3.05, 3.63) is 59.2 Å². The van der Waals surface area contributed by atoms with E-state index < -0.39 is 11.7 Å². The van der Waals surface area contributed by atoms with E-state index in [1.807, 2.05) is 0 Å². The van der Waals surface area contributed by atoms with E-state index in [9.17, 15) is 13.2 Å². The van der Waals surface area contributed by atoms with Crippen LogP contribution in [-0.2, 0) is 6.18 Å². The van der Waals surface area contributed by atoms with E-state index in [2.05, 4.69) is 25.8 Å². The lowest BCUT2D eigenvalue weighted by molar-refractivity contribution is -0.137. The maximum atomic E-state index is 13.0. The van der Waals surface area contributed by atoms with Gasteiger partial charge in [0.2, 0.25) is 5.95 Å². The Balaban J connectivity index is 1.77. The average molecular weight is 396 g/mol. The zero-order valence-corrected chi connectivity index (χ0v) is 14.6. The third-order valence-electron chi connectivity index (χ3n) is 3.45. The van der Waals surface area contributed by atoms with Gasteiger partial charge >= 0.3 is 6.18 Å². The third kappa shape index (κ3) is 4.76. The molecule has 0 fully saturated rings. The standard InChI is InChI=1S/C17H13ClF3N5O/c1-27-12-5-2-10(3-6-12)23-15-9-22-26-16(25-15)24-11-4-7-14(18)13(8-11)17(19,20)21/h2-9H,1H3,(H2,23,24,25,26). The largest absolute Gasteiger partial charge is 0.497 e. The minimum Gasteiger partial charge on any atom is -0.497 e. The maximum Gasteiger partial charge on any atom is 0.417 e. The molecule has 10 heteroatoms. The first-order valence-electron chi connectivity index (χ1n) is 7.60. The predicted octanol–water partition coefficient (Wildman–Crippen LogP) is 5.04. The smallest absolute Gasteiger partial charge is 0.417 e. The molecule has 6 nitrogen and oxygen atoms in total. The van der Waals surface area contributed by atoms with E-state index >= 15 is 0 Å². The number of hydrogen-bond acceptors (Lipinski definition) is 6. The zero-order valence-electron chi connectivity index (χ0n) is 13.9. The van der Waals surface area contributed by atoms with Crippen LogP contribution in [0.3, 0.4) is 0 Å². The molecular weight excluding hydrogens is 383 g/mol. The van der Waals surface area contributed by atoms with Crippen LogP contribution in [0.2, 0.25) is 5.02 Å². The summed E-state index contributed by atoms with van der Waals surface area (Å²) in [6.45, 7) is 0. The molecule has 0 spiro atoms. The molecule has 0 bridgehead atoms. The first kappa shape index (κ1) is 18.7. The lowest BCUT2D eigenvalue weighted by Crippen LogP contribution is -2.07. The molecule has 1 aromatic heterocycles. The molecule has 0 radical (unpaired) electrons. The van der Waals surface area contributed by atoms with Crippen molar-refractivity contribution in [1.29, 1.82) is 0 Å². The summed E-state index contributed by atoms with van der Waals surface area (Å²) in [4.78, 5) is 4.18. The van der Waals surface area contributed by atoms with E-state index in [0.29, 0.717) is 11.6 Å². The molecule has 0 saturated heterocycles. The van der Waals surface area contributed by atoms with Gasteiger partial charge in [0.1, 0.15) is 5.75 Å². The molecule has 0 atom stereocenters. The fraction of sp³-hybridized carbons (Fsp3) is 0.118. The van der Waals surface area contributed by atoms with E-state index in [-0.39, 0.29) is 16.7 Å². The molecule has 3 rings (SSSR count). The van der Waals surface area contributed by atoms with Crippen LogP contribution in [-0.4, -0.2) is 22.3 Å². The highest BCUT2D eigenvalue weighted by Crippen LogP contribution is 2.36. The van der Waals surface area contributed by atoms with E-state index in [0.717, 1.165) is 17.8 Å². The third-order valence-corrected chi connectivity index (χ3v) is 3.78. The summed E-state index contributed by atoms with van der Waals surface area (Å²) in [5, 5.41) is 12.9. The van der Waals surface area contributed by atoms with E-state index in [1.54, 1.807) is 31.4 Å². The predicted molar refractivity (Wildman–Crippen MR) is 95.8 cm³/mol. The van der Waals surface area contributed by atoms with Crippen molar-refractivity contribution in [3.8, 4) is 5.75 Å². The van der Waals surface area contributed by atoms with Crippen molar-refractivity contribution in [3.63, 3.8) is 0 Å². The van der Waals surface area contributed by atoms with Gasteiger partial charge in [0.05, 0.1) is 23.9 Å². The van der Waals surface area contributed by atoms with Gasteiger partial charge in [-0.3, -0.25) is 0 Å². The lowest BCUT2D eigenvalue weighted by atomic mass is 10.2. The number of hydrogen-bond donors (Lipinski definition) is 2. The van der Waals surface area contributed by atoms with Crippen LogP contribution in [0.25, 0.3) is 0 Å². The normalized spacial score (nSPS) is 11.1. The summed E-state index contributed by atoms with van der Waals surface area (Å²) in [6, 6.07) is 10.5. The number of halogens is 4. The minimum atomic E-state index is -4.56. The van der Waals surface area contributed by atoms with Crippen LogP contribution in [0.4, 0.5) is 36.3 Å². The number of benzene rings is 2. The van der Waals surface area contributed by atoms with Gasteiger partial charge in [-0.15, -0.1) is 5.10 Å². The summed E-state index contributed by atoms with van der Waals surface area (Å²) in [7, 11) is 1.57. The van der Waals surface area contributed by atoms with Gasteiger partial charge in [-0.25, -0.2) is 0 Å². The van der Waals surface area contributed by atoms with Gasteiger partial charge in [-0.05, 0) is 42.5 Å². The zero-order chi connectivity index (χ0) is 19.4. The van der Waals surface area contributed by atoms with Crippen molar-refractivity contribution in [2.24, 2.45) is 0 Å². The number of ether oxygens (including phenoxy) is 1. The Morgan fingerprint density at radius 1 is 1.00 bits per heavy atom. The fourth-order valence-electron chi connectivity index (χ4n) is 2.19. The summed E-state index contributed by atoms with van der Waals surface area (Å²) < 4.78 is 43.9. The second kappa shape index (κ2) is 7.67. The number of nitrogens with one attached hydrogen (secondary N) is 2. The molecule has 2 N–H and O–H groups in total. The summed E-state index contributed by atoms with van der Waals surface area (Å²) in [5.74, 6) is 1.10. The number of aromatic nitrogens is 3. The number of alkyl halides is 3. The summed E-state index contributed by atoms with van der Waals surface area (Å²) in [6.07, 6.45) is -3.18. The van der Waals surface area contributed by atoms with Crippen molar-refractivity contribution < 1.29 is 17.9 Å². The molecule has 0 aliphatic heterocycles. The highest BCUT2D eigenvalue weighted by molar-refractivity contribution is 6.31. The molecule has 27 heavy (non-hydrogen) atoms. The maximum absolute atomic E-state index is 13.0. The van der Waals surface area contributed by atoms with Gasteiger partial charge in [-0.1, -0.05) is 11.6 Å². The minimum absolute atomic E-state index is 0.0314. The van der Waals surface area contributed by atoms with Gasteiger partial charge in [-0.2, -0.15) is 23.3 Å². The first-order valence-corrected chi connectivity index (χ1v) is 7.97. The fourth-order valence-corrected chi connectivity index (χ4v) is 2.41. The van der Waals surface area contributed by atoms with Gasteiger partial charge in [0.15, 0.2) is 5.82 Å². The molecule has 0 saturated carbocycles. The van der Waals surface area contributed by atoms with E-state index in [4.69, 9.17) is 16.3 Å². The van der Waals surface area contributed by atoms with Gasteiger partial charge in [0.25, 0.3) is 0 Å². The van der Waals surface area contributed by atoms with Gasteiger partial charge in [0, 0.05) is 11.4 Å². The molecule has 0 aliphatic carbocycles. The topological polar surface area (TPSA) is 72.0 Å². The quantitative estimate of drug-likeness (QED) is 0.630. The highest BCUT2D eigenvalue weighted by atomic mass is 35.5. The average Bonchev–Trinajstić information content (AvgIpc) is 2.63. The number of methoxy groups -OCH3 is 1. The first-order chi connectivity index (χ1) is 12.8.